The summed E-state index contributed by atoms with van der Waals surface area (Å²) in [5.41, 5.74) is 4.02. The highest BCUT2D eigenvalue weighted by Gasteiger charge is 2.60. The van der Waals surface area contributed by atoms with Crippen molar-refractivity contribution in [3.63, 3.8) is 0 Å². The van der Waals surface area contributed by atoms with Crippen LogP contribution in [0.25, 0.3) is 0 Å². The number of carbonyl (C=O) groups is 2. The molecule has 174 valence electrons. The number of para-hydroxylation sites is 1. The van der Waals surface area contributed by atoms with Gasteiger partial charge in [0.2, 0.25) is 5.91 Å². The van der Waals surface area contributed by atoms with Crippen molar-refractivity contribution in [1.29, 1.82) is 0 Å². The molecule has 0 saturated carbocycles. The molecule has 2 fully saturated rings. The van der Waals surface area contributed by atoms with Crippen LogP contribution in [0.3, 0.4) is 0 Å². The van der Waals surface area contributed by atoms with Gasteiger partial charge in [-0.15, -0.1) is 0 Å². The first-order valence-corrected chi connectivity index (χ1v) is 11.1. The molecule has 0 aliphatic carbocycles. The van der Waals surface area contributed by atoms with Crippen molar-refractivity contribution >= 4 is 23.2 Å². The molecule has 34 heavy (non-hydrogen) atoms. The van der Waals surface area contributed by atoms with Crippen molar-refractivity contribution in [3.8, 4) is 11.5 Å². The summed E-state index contributed by atoms with van der Waals surface area (Å²) >= 11 is 0. The molecule has 2 aliphatic heterocycles. The highest BCUT2D eigenvalue weighted by Crippen LogP contribution is 2.50. The van der Waals surface area contributed by atoms with E-state index >= 15 is 0 Å². The number of carbonyl (C=O) groups excluding carboxylic acids is 2. The van der Waals surface area contributed by atoms with Crippen LogP contribution < -0.4 is 19.4 Å². The number of hydrogen-bond acceptors (Lipinski definition) is 6. The molecule has 2 amide bonds. The largest absolute Gasteiger partial charge is 0.497 e. The fourth-order valence-electron chi connectivity index (χ4n) is 4.83. The second kappa shape index (κ2) is 8.50. The minimum Gasteiger partial charge on any atom is -0.497 e. The van der Waals surface area contributed by atoms with E-state index in [0.717, 1.165) is 22.4 Å². The van der Waals surface area contributed by atoms with Gasteiger partial charge in [-0.05, 0) is 55.3 Å². The monoisotopic (exact) mass is 458 g/mol. The number of rotatable bonds is 5. The lowest BCUT2D eigenvalue weighted by Gasteiger charge is -2.30. The zero-order valence-electron chi connectivity index (χ0n) is 19.5. The average Bonchev–Trinajstić information content (AvgIpc) is 3.34. The zero-order valence-corrected chi connectivity index (χ0v) is 19.5. The fraction of sp³-hybridized carbons (Fsp3) is 0.259. The van der Waals surface area contributed by atoms with Crippen LogP contribution in [0.4, 0.5) is 11.4 Å². The number of ether oxygens (including phenoxy) is 2. The number of nitrogens with zero attached hydrogens (tertiary/aromatic N) is 2. The van der Waals surface area contributed by atoms with Gasteiger partial charge in [0.15, 0.2) is 6.10 Å². The predicted octanol–water partition coefficient (Wildman–Crippen LogP) is 4.37. The fourth-order valence-corrected chi connectivity index (χ4v) is 4.83. The Morgan fingerprint density at radius 2 is 1.65 bits per heavy atom. The van der Waals surface area contributed by atoms with Gasteiger partial charge in [-0.2, -0.15) is 0 Å². The Labute approximate surface area is 198 Å². The molecule has 3 aromatic carbocycles. The molecule has 0 bridgehead atoms. The summed E-state index contributed by atoms with van der Waals surface area (Å²) in [6.07, 6.45) is -0.940. The van der Waals surface area contributed by atoms with E-state index in [1.54, 1.807) is 31.4 Å². The van der Waals surface area contributed by atoms with Gasteiger partial charge >= 0.3 is 0 Å². The minimum absolute atomic E-state index is 0.292. The molecule has 3 atom stereocenters. The molecule has 0 spiro atoms. The number of aryl methyl sites for hydroxylation is 2. The van der Waals surface area contributed by atoms with E-state index in [2.05, 4.69) is 0 Å². The van der Waals surface area contributed by atoms with Crippen molar-refractivity contribution in [2.24, 2.45) is 5.92 Å². The lowest BCUT2D eigenvalue weighted by molar-refractivity contribution is -0.126. The van der Waals surface area contributed by atoms with Crippen LogP contribution in [0.2, 0.25) is 0 Å². The number of hydroxylamine groups is 1. The van der Waals surface area contributed by atoms with Crippen LogP contribution in [0.5, 0.6) is 11.5 Å². The maximum Gasteiger partial charge on any atom is 0.266 e. The molecule has 2 aliphatic rings. The second-order valence-corrected chi connectivity index (χ2v) is 8.57. The number of methoxy groups -OCH3 is 2. The van der Waals surface area contributed by atoms with Crippen LogP contribution >= 0.6 is 0 Å². The highest BCUT2D eigenvalue weighted by atomic mass is 16.7. The van der Waals surface area contributed by atoms with Crippen molar-refractivity contribution in [2.75, 3.05) is 24.2 Å². The van der Waals surface area contributed by atoms with Crippen molar-refractivity contribution in [2.45, 2.75) is 26.0 Å². The number of imide groups is 1. The van der Waals surface area contributed by atoms with E-state index in [4.69, 9.17) is 14.3 Å². The molecule has 5 rings (SSSR count). The number of amides is 2. The maximum atomic E-state index is 13.8. The van der Waals surface area contributed by atoms with E-state index in [1.807, 2.05) is 68.4 Å². The first kappa shape index (κ1) is 22.0. The molecular formula is C27H26N2O5. The summed E-state index contributed by atoms with van der Waals surface area (Å²) in [6.45, 7) is 3.90. The summed E-state index contributed by atoms with van der Waals surface area (Å²) in [5.74, 6) is -0.209. The minimum atomic E-state index is -0.940. The summed E-state index contributed by atoms with van der Waals surface area (Å²) in [7, 11) is 3.16. The third kappa shape index (κ3) is 3.40. The van der Waals surface area contributed by atoms with E-state index in [1.165, 1.54) is 4.90 Å². The number of benzene rings is 3. The third-order valence-electron chi connectivity index (χ3n) is 6.49. The summed E-state index contributed by atoms with van der Waals surface area (Å²) in [4.78, 5) is 34.8. The Balaban J connectivity index is 1.65. The Morgan fingerprint density at radius 3 is 2.35 bits per heavy atom. The van der Waals surface area contributed by atoms with E-state index in [9.17, 15) is 9.59 Å². The van der Waals surface area contributed by atoms with E-state index in [0.29, 0.717) is 17.2 Å². The molecule has 0 unspecified atom stereocenters. The Hall–Kier alpha value is -3.84. The quantitative estimate of drug-likeness (QED) is 0.529. The molecule has 2 saturated heterocycles. The lowest BCUT2D eigenvalue weighted by atomic mass is 9.89. The first-order chi connectivity index (χ1) is 16.4. The molecular weight excluding hydrogens is 432 g/mol. The van der Waals surface area contributed by atoms with Crippen LogP contribution in [0.1, 0.15) is 22.7 Å². The molecule has 0 radical (unpaired) electrons. The van der Waals surface area contributed by atoms with Gasteiger partial charge < -0.3 is 9.47 Å². The standard InChI is InChI=1S/C27H26N2O5/c1-16-8-7-10-18(14-16)28-26(30)23-24(20-13-12-19(32-3)15-22(20)33-4)29(34-25(23)27(28)31)21-11-6-5-9-17(21)2/h5-15,23-25H,1-4H3/t23-,24+,25-/m1/s1. The van der Waals surface area contributed by atoms with Gasteiger partial charge in [-0.25, -0.2) is 9.96 Å². The topological polar surface area (TPSA) is 68.3 Å². The summed E-state index contributed by atoms with van der Waals surface area (Å²) in [5, 5.41) is 1.69. The molecule has 2 heterocycles. The Morgan fingerprint density at radius 1 is 0.853 bits per heavy atom. The number of hydrogen-bond donors (Lipinski definition) is 0. The number of fused-ring (bicyclic) bond motifs is 1. The molecule has 0 N–H and O–H groups in total. The smallest absolute Gasteiger partial charge is 0.266 e. The number of anilines is 2. The van der Waals surface area contributed by atoms with Crippen molar-refractivity contribution in [3.05, 3.63) is 83.4 Å². The highest BCUT2D eigenvalue weighted by molar-refractivity contribution is 6.24. The van der Waals surface area contributed by atoms with Crippen molar-refractivity contribution < 1.29 is 23.9 Å². The maximum absolute atomic E-state index is 13.8. The van der Waals surface area contributed by atoms with Gasteiger partial charge in [0.05, 0.1) is 31.6 Å². The molecule has 3 aromatic rings. The first-order valence-electron chi connectivity index (χ1n) is 11.1. The van der Waals surface area contributed by atoms with Gasteiger partial charge in [0.1, 0.15) is 17.4 Å². The van der Waals surface area contributed by atoms with Gasteiger partial charge in [0, 0.05) is 11.6 Å². The van der Waals surface area contributed by atoms with Gasteiger partial charge in [-0.3, -0.25) is 14.4 Å². The normalized spacial score (nSPS) is 21.7. The van der Waals surface area contributed by atoms with Crippen LogP contribution in [0.15, 0.2) is 66.7 Å². The SMILES string of the molecule is COc1ccc([C@H]2[C@H]3C(=O)N(c4cccc(C)c4)C(=O)[C@@H]3ON2c2ccccc2C)c(OC)c1. The van der Waals surface area contributed by atoms with E-state index < -0.39 is 18.1 Å². The van der Waals surface area contributed by atoms with E-state index in [-0.39, 0.29) is 11.8 Å². The average molecular weight is 459 g/mol. The Kier molecular flexibility index (Phi) is 5.49. The molecule has 7 nitrogen and oxygen atoms in total. The van der Waals surface area contributed by atoms with Crippen LogP contribution in [0, 0.1) is 19.8 Å². The summed E-state index contributed by atoms with van der Waals surface area (Å²) in [6, 6.07) is 20.0. The zero-order chi connectivity index (χ0) is 24.0. The van der Waals surface area contributed by atoms with Crippen molar-refractivity contribution in [1.82, 2.24) is 0 Å². The Bertz CT molecular complexity index is 1270. The van der Waals surface area contributed by atoms with Crippen LogP contribution in [-0.4, -0.2) is 32.1 Å². The summed E-state index contributed by atoms with van der Waals surface area (Å²) < 4.78 is 11.0. The second-order valence-electron chi connectivity index (χ2n) is 8.57. The van der Waals surface area contributed by atoms with Gasteiger partial charge in [0.25, 0.3) is 5.91 Å². The third-order valence-corrected chi connectivity index (χ3v) is 6.49. The molecule has 7 heteroatoms. The van der Waals surface area contributed by atoms with Gasteiger partial charge in [-0.1, -0.05) is 30.3 Å². The molecule has 0 aromatic heterocycles. The predicted molar refractivity (Wildman–Crippen MR) is 128 cm³/mol. The van der Waals surface area contributed by atoms with Crippen LogP contribution in [-0.2, 0) is 14.4 Å². The lowest BCUT2D eigenvalue weighted by Crippen LogP contribution is -2.37.